The van der Waals surface area contributed by atoms with E-state index in [0.29, 0.717) is 0 Å². The summed E-state index contributed by atoms with van der Waals surface area (Å²) in [5.41, 5.74) is 2.63. The van der Waals surface area contributed by atoms with E-state index in [1.165, 1.54) is 52.9 Å². The molecule has 1 aliphatic rings. The van der Waals surface area contributed by atoms with Crippen molar-refractivity contribution in [2.45, 2.75) is 160 Å². The maximum Gasteiger partial charge on any atom is 0.325 e. The first-order chi connectivity index (χ1) is 46.3. The van der Waals surface area contributed by atoms with Crippen LogP contribution in [0.4, 0.5) is 0 Å². The first kappa shape index (κ1) is 83.5. The molecule has 0 spiro atoms. The smallest absolute Gasteiger partial charge is 0.325 e. The number of aliphatic carboxylic acids is 1. The average molecular weight is 1460 g/mol. The maximum absolute atomic E-state index is 13.4. The van der Waals surface area contributed by atoms with E-state index in [9.17, 15) is 102 Å². The lowest BCUT2D eigenvalue weighted by molar-refractivity contribution is -0.141. The number of carbonyl (C=O) groups excluding carboxylic acids is 16. The van der Waals surface area contributed by atoms with Gasteiger partial charge in [0.25, 0.3) is 17.7 Å². The number of hydrogen-bond donors (Lipinski definition) is 23. The van der Waals surface area contributed by atoms with Crippen LogP contribution in [0.1, 0.15) is 99.1 Å². The van der Waals surface area contributed by atoms with Crippen LogP contribution in [-0.4, -0.2) is 267 Å². The number of benzene rings is 1. The van der Waals surface area contributed by atoms with Gasteiger partial charge in [0.2, 0.25) is 76.8 Å². The molecule has 0 unspecified atom stereocenters. The van der Waals surface area contributed by atoms with Gasteiger partial charge in [0, 0.05) is 22.8 Å². The molecule has 0 aliphatic carbocycles. The predicted octanol–water partition coefficient (Wildman–Crippen LogP) is -10.2. The highest BCUT2D eigenvalue weighted by Gasteiger charge is 2.38. The lowest BCUT2D eigenvalue weighted by atomic mass is 10.1. The van der Waals surface area contributed by atoms with E-state index in [1.54, 1.807) is 0 Å². The molecule has 0 saturated carbocycles. The Balaban J connectivity index is 1.44. The highest BCUT2D eigenvalue weighted by Crippen LogP contribution is 2.22. The minimum atomic E-state index is -1.86. The summed E-state index contributed by atoms with van der Waals surface area (Å²) in [6.45, 7) is 8.76. The molecule has 0 radical (unpaired) electrons. The van der Waals surface area contributed by atoms with E-state index >= 15 is 0 Å². The molecular formula is C55H81N19O22S3. The number of imide groups is 1. The van der Waals surface area contributed by atoms with Crippen molar-refractivity contribution in [2.75, 3.05) is 35.8 Å². The third-order valence-electron chi connectivity index (χ3n) is 14.1. The molecule has 1 aliphatic heterocycles. The molecule has 44 heteroatoms. The second-order valence-corrected chi connectivity index (χ2v) is 23.4. The molecule has 16 amide bonds. The first-order valence-electron chi connectivity index (χ1n) is 29.9. The van der Waals surface area contributed by atoms with Gasteiger partial charge in [-0.2, -0.15) is 42.7 Å². The van der Waals surface area contributed by atoms with Gasteiger partial charge in [-0.25, -0.2) is 0 Å². The quantitative estimate of drug-likeness (QED) is 0.0169. The summed E-state index contributed by atoms with van der Waals surface area (Å²) in [6, 6.07) is -13.9. The number of amides is 16. The van der Waals surface area contributed by atoms with Crippen LogP contribution < -0.4 is 79.9 Å². The summed E-state index contributed by atoms with van der Waals surface area (Å²) >= 11 is 12.2. The van der Waals surface area contributed by atoms with Crippen LogP contribution in [0.3, 0.4) is 0 Å². The van der Waals surface area contributed by atoms with Crippen molar-refractivity contribution < 1.29 is 107 Å². The number of nitrogens with one attached hydrogen (secondary N) is 15. The number of carboxylic acids is 1. The van der Waals surface area contributed by atoms with E-state index < -0.39 is 210 Å². The first-order valence-corrected chi connectivity index (χ1v) is 31.8. The van der Waals surface area contributed by atoms with Gasteiger partial charge in [-0.15, -0.1) is 10.2 Å². The zero-order chi connectivity index (χ0) is 75.0. The van der Waals surface area contributed by atoms with Gasteiger partial charge in [0.15, 0.2) is 0 Å². The Hall–Kier alpha value is -9.76. The van der Waals surface area contributed by atoms with Gasteiger partial charge < -0.3 is 94.9 Å². The minimum absolute atomic E-state index is 0.00384. The Morgan fingerprint density at radius 1 is 0.444 bits per heavy atom. The number of aromatic nitrogens is 3. The summed E-state index contributed by atoms with van der Waals surface area (Å²) in [5, 5.41) is 89.5. The third kappa shape index (κ3) is 25.2. The number of nitrogens with zero attached hydrogens (tertiary/aromatic N) is 4. The molecule has 2 heterocycles. The van der Waals surface area contributed by atoms with Crippen LogP contribution in [0, 0.1) is 0 Å². The van der Waals surface area contributed by atoms with Gasteiger partial charge >= 0.3 is 5.97 Å². The molecule has 546 valence electrons. The second-order valence-electron chi connectivity index (χ2n) is 22.3. The largest absolute Gasteiger partial charge is 0.480 e. The Morgan fingerprint density at radius 3 is 1.29 bits per heavy atom. The zero-order valence-electron chi connectivity index (χ0n) is 54.5. The Labute approximate surface area is 580 Å². The van der Waals surface area contributed by atoms with Crippen LogP contribution in [0.2, 0.25) is 0 Å². The molecule has 0 fully saturated rings. The summed E-state index contributed by atoms with van der Waals surface area (Å²) in [5.74, 6) is -17.6. The van der Waals surface area contributed by atoms with E-state index in [-0.39, 0.29) is 45.5 Å². The van der Waals surface area contributed by atoms with Gasteiger partial charge in [-0.05, 0) is 85.7 Å². The fourth-order valence-electron chi connectivity index (χ4n) is 8.24. The molecule has 41 nitrogen and oxygen atoms in total. The fourth-order valence-corrected chi connectivity index (χ4v) is 9.00. The molecule has 3 rings (SSSR count). The Morgan fingerprint density at radius 2 is 0.818 bits per heavy atom. The fraction of sp³-hybridized carbons (Fsp3) is 0.545. The van der Waals surface area contributed by atoms with Crippen LogP contribution in [-0.2, 0) is 73.7 Å². The monoisotopic (exact) mass is 1460 g/mol. The Kier molecular flexibility index (Phi) is 32.9. The number of hydrogen-bond acceptors (Lipinski definition) is 27. The molecular weight excluding hydrogens is 1370 g/mol. The van der Waals surface area contributed by atoms with Crippen molar-refractivity contribution in [1.29, 1.82) is 0 Å². The number of carbonyl (C=O) groups is 17. The predicted molar refractivity (Wildman–Crippen MR) is 349 cm³/mol. The second kappa shape index (κ2) is 39.0. The van der Waals surface area contributed by atoms with Crippen molar-refractivity contribution in [1.82, 2.24) is 94.6 Å². The number of rotatable bonds is 38. The van der Waals surface area contributed by atoms with E-state index in [4.69, 9.17) is 5.11 Å². The van der Waals surface area contributed by atoms with Crippen molar-refractivity contribution in [3.05, 3.63) is 46.8 Å². The van der Waals surface area contributed by atoms with Crippen LogP contribution in [0.5, 0.6) is 0 Å². The van der Waals surface area contributed by atoms with Crippen molar-refractivity contribution >= 4 is 138 Å². The summed E-state index contributed by atoms with van der Waals surface area (Å²) in [4.78, 5) is 218. The van der Waals surface area contributed by atoms with Gasteiger partial charge in [-0.1, -0.05) is 0 Å². The third-order valence-corrected chi connectivity index (χ3v) is 15.2. The summed E-state index contributed by atoms with van der Waals surface area (Å²) in [6.07, 6.45) is -3.64. The molecule has 99 heavy (non-hydrogen) atoms. The number of thiol groups is 3. The molecule has 1 aromatic heterocycles. The lowest BCUT2D eigenvalue weighted by Crippen LogP contribution is -2.63. The van der Waals surface area contributed by atoms with Gasteiger partial charge in [-0.3, -0.25) is 92.1 Å². The number of aliphatic hydroxyl groups excluding tert-OH is 3. The lowest BCUT2D eigenvalue weighted by Gasteiger charge is -2.28. The molecule has 0 bridgehead atoms. The number of carboxylic acid groups (broad SMARTS) is 1. The number of fused-ring (bicyclic) bond motifs is 1. The summed E-state index contributed by atoms with van der Waals surface area (Å²) in [7, 11) is 0. The minimum Gasteiger partial charge on any atom is -0.480 e. The summed E-state index contributed by atoms with van der Waals surface area (Å²) < 4.78 is 0. The van der Waals surface area contributed by atoms with E-state index in [2.05, 4.69) is 128 Å². The van der Waals surface area contributed by atoms with Crippen LogP contribution in [0.25, 0.3) is 0 Å². The van der Waals surface area contributed by atoms with Crippen LogP contribution in [0.15, 0.2) is 24.4 Å². The van der Waals surface area contributed by atoms with Crippen molar-refractivity contribution in [3.8, 4) is 0 Å². The van der Waals surface area contributed by atoms with Crippen LogP contribution >= 0.6 is 37.9 Å². The molecule has 20 N–H and O–H groups in total. The molecule has 1 aromatic carbocycles. The topological polar surface area (TPSA) is 606 Å². The standard InChI is InChI=1S/C55H81N19O22S3/c1-20(59-37(79)15-58-50(89)38(26(7)75)67-45(84)24(5)63-49(88)35(19-99)71-73-16-30(70-72-73)13-56-46(85)29-10-11-31-32(12-29)54(93)74(96)53(31)92)41(80)57-14-36(78)60-21(2)44(83)68-40(28(9)77)52(91)69-39(27(8)76)51(90)66-34(18-98)47(86)62-22(3)42(81)61-23(4)43(82)65-33(17-97)48(87)64-25(6)55(94)95/h10-12,16,20-28,33-35,38-40,71,75-77,96-99H,13-15,17-19H2,1-9H3,(H,56,85)(H,57,80)(H,58,89)(H,59,79)(H,60,78)(H,61,81)(H,62,86)(H,63,88)(H,64,87)(H,65,82)(H,66,90)(H,67,84)(H,68,83)(H,69,91)(H,94,95)/t20-,21-,22-,23-,24-,25-,26+,27+,28+,33-,34-,35-,38-,39-,40-/m0/s1. The maximum atomic E-state index is 13.4. The molecule has 15 atom stereocenters. The normalized spacial score (nSPS) is 16.2. The SMILES string of the molecule is C[C@H](NC(=O)[C@H](CS)NC(=O)[C@H](C)NC(=O)[C@H](C)NC(=O)[C@H](CS)NC(=O)[C@@H](NC(=O)[C@@H](NC(=O)[C@H](C)NC(=O)CNC(=O)[C@H](C)NC(=O)CNC(=O)[C@@H](NC(=O)[C@H](C)NC(=O)[C@H](CS)Nn1cc(CNC(=O)c2ccc3c(c2)C(=O)N(O)C3=O)nn1)[C@@H](C)O)[C@@H](C)O)[C@@H](C)O)C(=O)O. The number of aliphatic hydroxyl groups is 3. The van der Waals surface area contributed by atoms with Gasteiger partial charge in [0.1, 0.15) is 78.2 Å². The van der Waals surface area contributed by atoms with Crippen molar-refractivity contribution in [2.24, 2.45) is 0 Å². The molecule has 2 aromatic rings. The molecule has 0 saturated heterocycles. The zero-order valence-corrected chi connectivity index (χ0v) is 57.2. The van der Waals surface area contributed by atoms with Crippen molar-refractivity contribution in [3.63, 3.8) is 0 Å². The van der Waals surface area contributed by atoms with E-state index in [1.807, 2.05) is 0 Å². The van der Waals surface area contributed by atoms with Gasteiger partial charge in [0.05, 0.1) is 55.3 Å². The number of hydroxylamine groups is 2. The Bertz CT molecular complexity index is 3380. The highest BCUT2D eigenvalue weighted by molar-refractivity contribution is 7.80. The van der Waals surface area contributed by atoms with E-state index in [0.717, 1.165) is 38.6 Å². The average Bonchev–Trinajstić information content (AvgIpc) is 1.64. The highest BCUT2D eigenvalue weighted by atomic mass is 32.1.